The fourth-order valence-corrected chi connectivity index (χ4v) is 8.35. The van der Waals surface area contributed by atoms with Crippen LogP contribution in [0.4, 0.5) is 28.6 Å². The number of aromatic nitrogens is 2. The molecule has 0 amide bonds. The zero-order valence-corrected chi connectivity index (χ0v) is 26.2. The van der Waals surface area contributed by atoms with Gasteiger partial charge in [-0.05, 0) is 81.2 Å². The van der Waals surface area contributed by atoms with Crippen LogP contribution in [0.1, 0.15) is 22.3 Å². The van der Waals surface area contributed by atoms with E-state index < -0.39 is 5.41 Å². The summed E-state index contributed by atoms with van der Waals surface area (Å²) in [5.74, 6) is 1.60. The molecule has 0 unspecified atom stereocenters. The Bertz CT molecular complexity index is 2730. The monoisotopic (exact) mass is 623 g/mol. The number of nitrogens with zero attached hydrogens (tertiary/aromatic N) is 5. The van der Waals surface area contributed by atoms with E-state index in [4.69, 9.17) is 18.1 Å². The second-order valence-electron chi connectivity index (χ2n) is 12.5. The molecular weight excluding hydrogens is 599 g/mol. The van der Waals surface area contributed by atoms with Crippen molar-refractivity contribution in [3.05, 3.63) is 197 Å². The topological polar surface area (TPSA) is 29.8 Å². The van der Waals surface area contributed by atoms with E-state index in [2.05, 4.69) is 134 Å². The highest BCUT2D eigenvalue weighted by molar-refractivity contribution is 6.10. The fourth-order valence-electron chi connectivity index (χ4n) is 8.35. The Labute approximate surface area is 283 Å². The third-order valence-corrected chi connectivity index (χ3v) is 10.2. The van der Waals surface area contributed by atoms with Gasteiger partial charge in [-0.1, -0.05) is 109 Å². The van der Waals surface area contributed by atoms with Crippen LogP contribution in [-0.2, 0) is 5.41 Å². The predicted octanol–water partition coefficient (Wildman–Crippen LogP) is 11.4. The van der Waals surface area contributed by atoms with Crippen LogP contribution >= 0.6 is 0 Å². The van der Waals surface area contributed by atoms with E-state index >= 15 is 0 Å². The molecule has 10 rings (SSSR count). The highest BCUT2D eigenvalue weighted by Gasteiger charge is 2.51. The minimum absolute atomic E-state index is 0.610. The first-order chi connectivity index (χ1) is 24.2. The SMILES string of the molecule is [C-]#[N+]c1ccc2c(c1)C1(c3ccccc3-2)c2ccccc2N(c2cccc(-n3c4ccccc4c4cc([N+]#[C-])ccc43)n2)c2ccccc21. The quantitative estimate of drug-likeness (QED) is 0.179. The van der Waals surface area contributed by atoms with Gasteiger partial charge < -0.3 is 0 Å². The second-order valence-corrected chi connectivity index (χ2v) is 12.5. The molecule has 5 nitrogen and oxygen atoms in total. The van der Waals surface area contributed by atoms with E-state index in [0.717, 1.165) is 67.1 Å². The van der Waals surface area contributed by atoms with Crippen LogP contribution in [0.5, 0.6) is 0 Å². The molecular formula is C44H25N5. The van der Waals surface area contributed by atoms with Gasteiger partial charge in [0.05, 0.1) is 41.0 Å². The van der Waals surface area contributed by atoms with Gasteiger partial charge in [0.25, 0.3) is 0 Å². The molecule has 8 aromatic rings. The van der Waals surface area contributed by atoms with Gasteiger partial charge in [-0.3, -0.25) is 9.47 Å². The third kappa shape index (κ3) is 3.54. The van der Waals surface area contributed by atoms with Crippen molar-refractivity contribution in [2.24, 2.45) is 0 Å². The van der Waals surface area contributed by atoms with Crippen LogP contribution < -0.4 is 4.90 Å². The number of benzene rings is 6. The molecule has 0 fully saturated rings. The number of rotatable bonds is 2. The number of fused-ring (bicyclic) bond motifs is 12. The molecule has 0 N–H and O–H groups in total. The van der Waals surface area contributed by atoms with Crippen molar-refractivity contribution in [3.8, 4) is 16.9 Å². The summed E-state index contributed by atoms with van der Waals surface area (Å²) in [6.45, 7) is 15.5. The summed E-state index contributed by atoms with van der Waals surface area (Å²) in [7, 11) is 0. The molecule has 0 bridgehead atoms. The van der Waals surface area contributed by atoms with Crippen LogP contribution in [0.2, 0.25) is 0 Å². The van der Waals surface area contributed by atoms with Gasteiger partial charge in [0.1, 0.15) is 11.6 Å². The molecule has 49 heavy (non-hydrogen) atoms. The molecule has 2 aromatic heterocycles. The maximum Gasteiger partial charge on any atom is 0.188 e. The first-order valence-corrected chi connectivity index (χ1v) is 16.2. The highest BCUT2D eigenvalue weighted by Crippen LogP contribution is 2.63. The molecule has 1 spiro atoms. The van der Waals surface area contributed by atoms with Crippen molar-refractivity contribution in [2.75, 3.05) is 4.90 Å². The van der Waals surface area contributed by atoms with Crippen molar-refractivity contribution in [2.45, 2.75) is 5.41 Å². The van der Waals surface area contributed by atoms with Gasteiger partial charge in [-0.15, -0.1) is 0 Å². The van der Waals surface area contributed by atoms with Crippen molar-refractivity contribution >= 4 is 50.4 Å². The number of para-hydroxylation sites is 3. The molecule has 226 valence electrons. The molecule has 0 saturated carbocycles. The number of hydrogen-bond donors (Lipinski definition) is 0. The summed E-state index contributed by atoms with van der Waals surface area (Å²) in [5.41, 5.74) is 11.8. The highest BCUT2D eigenvalue weighted by atomic mass is 15.2. The Balaban J connectivity index is 1.25. The average Bonchev–Trinajstić information content (AvgIpc) is 3.65. The minimum Gasteiger partial charge on any atom is -0.294 e. The lowest BCUT2D eigenvalue weighted by Crippen LogP contribution is -2.36. The minimum atomic E-state index is -0.610. The molecule has 5 heteroatoms. The van der Waals surface area contributed by atoms with E-state index in [9.17, 15) is 0 Å². The number of anilines is 3. The molecule has 0 atom stereocenters. The van der Waals surface area contributed by atoms with Crippen LogP contribution in [-0.4, -0.2) is 9.55 Å². The van der Waals surface area contributed by atoms with Crippen LogP contribution in [0.3, 0.4) is 0 Å². The Morgan fingerprint density at radius 3 is 1.84 bits per heavy atom. The molecule has 1 aliphatic carbocycles. The van der Waals surface area contributed by atoms with Crippen LogP contribution in [0, 0.1) is 13.1 Å². The number of pyridine rings is 1. The second kappa shape index (κ2) is 10.0. The van der Waals surface area contributed by atoms with E-state index in [0.29, 0.717) is 11.4 Å². The lowest BCUT2D eigenvalue weighted by atomic mass is 9.64. The predicted molar refractivity (Wildman–Crippen MR) is 197 cm³/mol. The molecule has 6 aromatic carbocycles. The summed E-state index contributed by atoms with van der Waals surface area (Å²) in [6, 6.07) is 52.5. The summed E-state index contributed by atoms with van der Waals surface area (Å²) < 4.78 is 2.19. The van der Waals surface area contributed by atoms with Crippen LogP contribution in [0.25, 0.3) is 48.4 Å². The first kappa shape index (κ1) is 27.2. The summed E-state index contributed by atoms with van der Waals surface area (Å²) in [4.78, 5) is 15.2. The van der Waals surface area contributed by atoms with Crippen molar-refractivity contribution < 1.29 is 0 Å². The molecule has 0 radical (unpaired) electrons. The molecule has 2 aliphatic rings. The first-order valence-electron chi connectivity index (χ1n) is 16.2. The van der Waals surface area contributed by atoms with Crippen LogP contribution in [0.15, 0.2) is 152 Å². The van der Waals surface area contributed by atoms with Crippen molar-refractivity contribution in [1.29, 1.82) is 0 Å². The summed E-state index contributed by atoms with van der Waals surface area (Å²) in [6.07, 6.45) is 0. The van der Waals surface area contributed by atoms with Gasteiger partial charge >= 0.3 is 0 Å². The maximum atomic E-state index is 7.90. The smallest absolute Gasteiger partial charge is 0.188 e. The number of hydrogen-bond acceptors (Lipinski definition) is 2. The zero-order chi connectivity index (χ0) is 32.7. The van der Waals surface area contributed by atoms with E-state index in [1.807, 2.05) is 36.4 Å². The fraction of sp³-hybridized carbons (Fsp3) is 0.0227. The molecule has 3 heterocycles. The maximum absolute atomic E-state index is 7.90. The lowest BCUT2D eigenvalue weighted by molar-refractivity contribution is 0.751. The molecule has 0 saturated heterocycles. The normalized spacial score (nSPS) is 13.4. The van der Waals surface area contributed by atoms with Gasteiger partial charge in [-0.25, -0.2) is 14.7 Å². The Morgan fingerprint density at radius 1 is 0.469 bits per heavy atom. The van der Waals surface area contributed by atoms with Crippen molar-refractivity contribution in [3.63, 3.8) is 0 Å². The van der Waals surface area contributed by atoms with Crippen molar-refractivity contribution in [1.82, 2.24) is 9.55 Å². The van der Waals surface area contributed by atoms with Gasteiger partial charge in [0.15, 0.2) is 11.4 Å². The Kier molecular flexibility index (Phi) is 5.56. The van der Waals surface area contributed by atoms with Gasteiger partial charge in [0.2, 0.25) is 0 Å². The standard InChI is InChI=1S/C44H25N5/c1-45-28-23-25-39-33(26-28)32-13-4-8-17-38(32)48(39)42-20-11-21-43(47-42)49-40-18-9-6-15-35(40)44(36-16-7-10-19-41(36)49)34-14-5-3-12-30(34)31-24-22-29(46-2)27-37(31)44/h3-27H. The van der Waals surface area contributed by atoms with E-state index in [-0.39, 0.29) is 0 Å². The Morgan fingerprint density at radius 2 is 1.06 bits per heavy atom. The Hall–Kier alpha value is -6.95. The van der Waals surface area contributed by atoms with Gasteiger partial charge in [0, 0.05) is 5.39 Å². The molecule has 1 aliphatic heterocycles. The largest absolute Gasteiger partial charge is 0.294 e. The zero-order valence-electron chi connectivity index (χ0n) is 26.2. The average molecular weight is 624 g/mol. The van der Waals surface area contributed by atoms with E-state index in [1.165, 1.54) is 11.1 Å². The lowest BCUT2D eigenvalue weighted by Gasteiger charge is -2.44. The summed E-state index contributed by atoms with van der Waals surface area (Å²) >= 11 is 0. The van der Waals surface area contributed by atoms with E-state index in [1.54, 1.807) is 0 Å². The third-order valence-electron chi connectivity index (χ3n) is 10.2. The van der Waals surface area contributed by atoms with Gasteiger partial charge in [-0.2, -0.15) is 0 Å². The summed E-state index contributed by atoms with van der Waals surface area (Å²) in [5, 5.41) is 2.12.